The van der Waals surface area contributed by atoms with Crippen LogP contribution in [0.1, 0.15) is 22.0 Å². The molecule has 0 radical (unpaired) electrons. The average molecular weight is 348 g/mol. The van der Waals surface area contributed by atoms with E-state index in [-0.39, 0.29) is 11.9 Å². The molecule has 0 aromatic heterocycles. The molecule has 0 aliphatic rings. The number of likely N-dealkylation sites (N-methyl/N-ethyl adjacent to an activating group) is 1. The lowest BCUT2D eigenvalue weighted by Crippen LogP contribution is -2.40. The molecule has 0 bridgehead atoms. The highest BCUT2D eigenvalue weighted by molar-refractivity contribution is 9.10. The lowest BCUT2D eigenvalue weighted by atomic mass is 9.95. The average Bonchev–Trinajstić information content (AvgIpc) is 2.53. The highest BCUT2D eigenvalue weighted by atomic mass is 79.9. The van der Waals surface area contributed by atoms with Gasteiger partial charge in [0.15, 0.2) is 5.78 Å². The Bertz CT molecular complexity index is 583. The Kier molecular flexibility index (Phi) is 5.67. The van der Waals surface area contributed by atoms with Gasteiger partial charge >= 0.3 is 0 Å². The maximum atomic E-state index is 12.7. The molecule has 0 spiro atoms. The number of nitrogens with one attached hydrogen (secondary N) is 1. The van der Waals surface area contributed by atoms with Crippen molar-refractivity contribution in [1.29, 1.82) is 0 Å². The van der Waals surface area contributed by atoms with E-state index in [1.54, 1.807) is 14.2 Å². The first kappa shape index (κ1) is 15.9. The van der Waals surface area contributed by atoms with Crippen LogP contribution in [0.25, 0.3) is 0 Å². The first-order valence-electron chi connectivity index (χ1n) is 6.72. The minimum atomic E-state index is -0.432. The van der Waals surface area contributed by atoms with E-state index >= 15 is 0 Å². The third kappa shape index (κ3) is 3.79. The lowest BCUT2D eigenvalue weighted by molar-refractivity contribution is 0.0565. The molecule has 0 saturated heterocycles. The minimum absolute atomic E-state index is 0.0145. The van der Waals surface area contributed by atoms with Crippen molar-refractivity contribution in [1.82, 2.24) is 5.32 Å². The Hall–Kier alpha value is -1.49. The highest BCUT2D eigenvalue weighted by Crippen LogP contribution is 2.23. The number of hydrogen-bond donors (Lipinski definition) is 1. The summed E-state index contributed by atoms with van der Waals surface area (Å²) in [7, 11) is 3.40. The van der Waals surface area contributed by atoms with Crippen LogP contribution in [0.5, 0.6) is 0 Å². The highest BCUT2D eigenvalue weighted by Gasteiger charge is 2.28. The zero-order valence-electron chi connectivity index (χ0n) is 12.0. The van der Waals surface area contributed by atoms with Crippen LogP contribution < -0.4 is 5.32 Å². The van der Waals surface area contributed by atoms with Gasteiger partial charge in [-0.25, -0.2) is 0 Å². The molecular formula is C17H18BrNO2. The monoisotopic (exact) mass is 347 g/mol. The Morgan fingerprint density at radius 2 is 1.71 bits per heavy atom. The largest absolute Gasteiger partial charge is 0.375 e. The van der Waals surface area contributed by atoms with Crippen molar-refractivity contribution in [2.24, 2.45) is 0 Å². The van der Waals surface area contributed by atoms with Crippen molar-refractivity contribution in [3.8, 4) is 0 Å². The number of benzene rings is 2. The summed E-state index contributed by atoms with van der Waals surface area (Å²) in [5, 5.41) is 3.08. The minimum Gasteiger partial charge on any atom is -0.375 e. The SMILES string of the molecule is CN[C@H](C(=O)c1ccc(Br)cc1)[C@H](OC)c1ccccc1. The van der Waals surface area contributed by atoms with Crippen molar-refractivity contribution < 1.29 is 9.53 Å². The predicted octanol–water partition coefficient (Wildman–Crippen LogP) is 3.61. The number of methoxy groups -OCH3 is 1. The maximum Gasteiger partial charge on any atom is 0.182 e. The molecule has 110 valence electrons. The van der Waals surface area contributed by atoms with Gasteiger partial charge in [-0.15, -0.1) is 0 Å². The molecule has 1 N–H and O–H groups in total. The van der Waals surface area contributed by atoms with E-state index in [1.807, 2.05) is 54.6 Å². The Morgan fingerprint density at radius 3 is 2.24 bits per heavy atom. The van der Waals surface area contributed by atoms with Gasteiger partial charge in [-0.3, -0.25) is 4.79 Å². The normalized spacial score (nSPS) is 13.7. The van der Waals surface area contributed by atoms with Gasteiger partial charge in [0.05, 0.1) is 0 Å². The summed E-state index contributed by atoms with van der Waals surface area (Å²) in [6.07, 6.45) is -0.327. The van der Waals surface area contributed by atoms with Crippen LogP contribution in [0.2, 0.25) is 0 Å². The number of rotatable bonds is 6. The molecule has 2 atom stereocenters. The van der Waals surface area contributed by atoms with Crippen LogP contribution in [0.3, 0.4) is 0 Å². The van der Waals surface area contributed by atoms with E-state index in [2.05, 4.69) is 21.2 Å². The Labute approximate surface area is 133 Å². The van der Waals surface area contributed by atoms with Crippen molar-refractivity contribution >= 4 is 21.7 Å². The zero-order valence-corrected chi connectivity index (χ0v) is 13.6. The molecule has 0 fully saturated rings. The fourth-order valence-corrected chi connectivity index (χ4v) is 2.59. The van der Waals surface area contributed by atoms with Crippen molar-refractivity contribution in [3.63, 3.8) is 0 Å². The molecular weight excluding hydrogens is 330 g/mol. The molecule has 2 aromatic carbocycles. The summed E-state index contributed by atoms with van der Waals surface area (Å²) in [6, 6.07) is 16.7. The zero-order chi connectivity index (χ0) is 15.2. The first-order valence-corrected chi connectivity index (χ1v) is 7.51. The number of carbonyl (C=O) groups is 1. The topological polar surface area (TPSA) is 38.3 Å². The van der Waals surface area contributed by atoms with E-state index in [9.17, 15) is 4.79 Å². The second-order valence-electron chi connectivity index (χ2n) is 4.70. The molecule has 0 aliphatic heterocycles. The van der Waals surface area contributed by atoms with Crippen molar-refractivity contribution in [2.45, 2.75) is 12.1 Å². The van der Waals surface area contributed by atoms with E-state index in [0.29, 0.717) is 5.56 Å². The van der Waals surface area contributed by atoms with Gasteiger partial charge in [0, 0.05) is 17.1 Å². The van der Waals surface area contributed by atoms with E-state index in [0.717, 1.165) is 10.0 Å². The molecule has 2 aromatic rings. The molecule has 0 heterocycles. The van der Waals surface area contributed by atoms with Crippen LogP contribution in [0.15, 0.2) is 59.1 Å². The van der Waals surface area contributed by atoms with Gasteiger partial charge in [-0.1, -0.05) is 58.4 Å². The van der Waals surface area contributed by atoms with Gasteiger partial charge < -0.3 is 10.1 Å². The second kappa shape index (κ2) is 7.50. The van der Waals surface area contributed by atoms with Crippen molar-refractivity contribution in [2.75, 3.05) is 14.2 Å². The first-order chi connectivity index (χ1) is 10.2. The Morgan fingerprint density at radius 1 is 1.10 bits per heavy atom. The van der Waals surface area contributed by atoms with Gasteiger partial charge in [-0.05, 0) is 24.7 Å². The molecule has 3 nitrogen and oxygen atoms in total. The fourth-order valence-electron chi connectivity index (χ4n) is 2.32. The number of carbonyl (C=O) groups excluding carboxylic acids is 1. The fraction of sp³-hybridized carbons (Fsp3) is 0.235. The van der Waals surface area contributed by atoms with Gasteiger partial charge in [-0.2, -0.15) is 0 Å². The van der Waals surface area contributed by atoms with Gasteiger partial charge in [0.2, 0.25) is 0 Å². The quantitative estimate of drug-likeness (QED) is 0.811. The Balaban J connectivity index is 2.29. The van der Waals surface area contributed by atoms with E-state index in [1.165, 1.54) is 0 Å². The third-order valence-electron chi connectivity index (χ3n) is 3.41. The van der Waals surface area contributed by atoms with Gasteiger partial charge in [0.25, 0.3) is 0 Å². The predicted molar refractivity (Wildman–Crippen MR) is 87.5 cm³/mol. The smallest absolute Gasteiger partial charge is 0.182 e. The van der Waals surface area contributed by atoms with Crippen LogP contribution in [-0.4, -0.2) is 26.0 Å². The summed E-state index contributed by atoms with van der Waals surface area (Å²) in [5.74, 6) is 0.0145. The van der Waals surface area contributed by atoms with E-state index < -0.39 is 6.04 Å². The van der Waals surface area contributed by atoms with Gasteiger partial charge in [0.1, 0.15) is 12.1 Å². The number of ether oxygens (including phenoxy) is 1. The lowest BCUT2D eigenvalue weighted by Gasteiger charge is -2.25. The summed E-state index contributed by atoms with van der Waals surface area (Å²) in [6.45, 7) is 0. The second-order valence-corrected chi connectivity index (χ2v) is 5.62. The van der Waals surface area contributed by atoms with Crippen LogP contribution in [0.4, 0.5) is 0 Å². The summed E-state index contributed by atoms with van der Waals surface area (Å²) in [5.41, 5.74) is 1.64. The molecule has 21 heavy (non-hydrogen) atoms. The molecule has 0 saturated carbocycles. The summed E-state index contributed by atoms with van der Waals surface area (Å²) in [4.78, 5) is 12.7. The third-order valence-corrected chi connectivity index (χ3v) is 3.94. The molecule has 0 unspecified atom stereocenters. The number of halogens is 1. The number of hydrogen-bond acceptors (Lipinski definition) is 3. The standard InChI is InChI=1S/C17H18BrNO2/c1-19-15(16(20)12-8-10-14(18)11-9-12)17(21-2)13-6-4-3-5-7-13/h3-11,15,17,19H,1-2H3/t15-,17-/m1/s1. The van der Waals surface area contributed by atoms with Crippen molar-refractivity contribution in [3.05, 3.63) is 70.2 Å². The summed E-state index contributed by atoms with van der Waals surface area (Å²) < 4.78 is 6.51. The molecule has 2 rings (SSSR count). The number of Topliss-reactive ketones (excluding diaryl/α,β-unsaturated/α-hetero) is 1. The number of ketones is 1. The molecule has 0 amide bonds. The maximum absolute atomic E-state index is 12.7. The molecule has 0 aliphatic carbocycles. The van der Waals surface area contributed by atoms with Crippen LogP contribution >= 0.6 is 15.9 Å². The van der Waals surface area contributed by atoms with E-state index in [4.69, 9.17) is 4.74 Å². The molecule has 4 heteroatoms. The van der Waals surface area contributed by atoms with Crippen LogP contribution in [-0.2, 0) is 4.74 Å². The summed E-state index contributed by atoms with van der Waals surface area (Å²) >= 11 is 3.38. The van der Waals surface area contributed by atoms with Crippen LogP contribution in [0, 0.1) is 0 Å².